The number of nitrogens with zero attached hydrogens (tertiary/aromatic N) is 1. The molecule has 0 radical (unpaired) electrons. The molecule has 19 heavy (non-hydrogen) atoms. The van der Waals surface area contributed by atoms with Crippen LogP contribution in [-0.4, -0.2) is 29.1 Å². The van der Waals surface area contributed by atoms with Crippen LogP contribution < -0.4 is 0 Å². The predicted molar refractivity (Wildman–Crippen MR) is 74.4 cm³/mol. The molecule has 1 aromatic rings. The van der Waals surface area contributed by atoms with Crippen molar-refractivity contribution >= 4 is 21.9 Å². The molecule has 0 spiro atoms. The van der Waals surface area contributed by atoms with Crippen LogP contribution in [0.5, 0.6) is 0 Å². The second-order valence-corrected chi connectivity index (χ2v) is 5.99. The number of hydrogen-bond acceptors (Lipinski definition) is 2. The van der Waals surface area contributed by atoms with Crippen molar-refractivity contribution in [3.8, 4) is 0 Å². The number of benzene rings is 1. The molecule has 5 heteroatoms. The Morgan fingerprint density at radius 1 is 1.58 bits per heavy atom. The van der Waals surface area contributed by atoms with Gasteiger partial charge in [-0.05, 0) is 43.1 Å². The molecule has 0 saturated carbocycles. The Morgan fingerprint density at radius 3 is 2.89 bits per heavy atom. The van der Waals surface area contributed by atoms with E-state index in [9.17, 15) is 14.3 Å². The molecular formula is C14H17BrFNO2. The number of hydrogen-bond donors (Lipinski definition) is 1. The van der Waals surface area contributed by atoms with Crippen LogP contribution in [0, 0.1) is 11.2 Å². The number of carboxylic acids is 1. The molecule has 2 rings (SSSR count). The molecule has 0 aliphatic carbocycles. The van der Waals surface area contributed by atoms with Crippen molar-refractivity contribution in [2.75, 3.05) is 13.1 Å². The molecule has 0 amide bonds. The molecule has 1 atom stereocenters. The van der Waals surface area contributed by atoms with Crippen LogP contribution in [0.1, 0.15) is 25.3 Å². The van der Waals surface area contributed by atoms with Crippen LogP contribution >= 0.6 is 15.9 Å². The number of halogens is 2. The molecule has 1 fully saturated rings. The van der Waals surface area contributed by atoms with Gasteiger partial charge in [0.05, 0.1) is 5.41 Å². The zero-order valence-corrected chi connectivity index (χ0v) is 12.4. The lowest BCUT2D eigenvalue weighted by molar-refractivity contribution is -0.148. The van der Waals surface area contributed by atoms with E-state index < -0.39 is 11.4 Å². The summed E-state index contributed by atoms with van der Waals surface area (Å²) >= 11 is 3.40. The second kappa shape index (κ2) is 5.59. The van der Waals surface area contributed by atoms with Gasteiger partial charge in [-0.2, -0.15) is 0 Å². The fourth-order valence-electron chi connectivity index (χ4n) is 2.61. The summed E-state index contributed by atoms with van der Waals surface area (Å²) in [5, 5.41) is 9.35. The van der Waals surface area contributed by atoms with E-state index in [0.29, 0.717) is 25.9 Å². The van der Waals surface area contributed by atoms with E-state index in [1.807, 2.05) is 6.92 Å². The summed E-state index contributed by atoms with van der Waals surface area (Å²) in [5.41, 5.74) is 0.220. The summed E-state index contributed by atoms with van der Waals surface area (Å²) in [6.07, 6.45) is 1.29. The van der Waals surface area contributed by atoms with Gasteiger partial charge in [-0.25, -0.2) is 4.39 Å². The highest BCUT2D eigenvalue weighted by molar-refractivity contribution is 9.10. The molecule has 1 heterocycles. The number of carboxylic acid groups (broad SMARTS) is 1. The van der Waals surface area contributed by atoms with Crippen molar-refractivity contribution in [3.63, 3.8) is 0 Å². The Bertz CT molecular complexity index is 494. The van der Waals surface area contributed by atoms with Gasteiger partial charge in [-0.3, -0.25) is 9.69 Å². The quantitative estimate of drug-likeness (QED) is 0.921. The Labute approximate surface area is 120 Å². The molecule has 1 aliphatic rings. The Morgan fingerprint density at radius 2 is 2.32 bits per heavy atom. The van der Waals surface area contributed by atoms with Crippen molar-refractivity contribution < 1.29 is 14.3 Å². The Hall–Kier alpha value is -0.940. The van der Waals surface area contributed by atoms with Gasteiger partial charge in [0.25, 0.3) is 0 Å². The predicted octanol–water partition coefficient (Wildman–Crippen LogP) is 3.27. The molecule has 0 aromatic heterocycles. The second-order valence-electron chi connectivity index (χ2n) is 5.14. The third-order valence-electron chi connectivity index (χ3n) is 3.97. The number of rotatable bonds is 4. The lowest BCUT2D eigenvalue weighted by Gasteiger charge is -2.23. The maximum atomic E-state index is 13.2. The molecule has 1 aromatic carbocycles. The number of likely N-dealkylation sites (tertiary alicyclic amines) is 1. The summed E-state index contributed by atoms with van der Waals surface area (Å²) in [7, 11) is 0. The summed E-state index contributed by atoms with van der Waals surface area (Å²) in [4.78, 5) is 13.5. The summed E-state index contributed by atoms with van der Waals surface area (Å²) in [5.74, 6) is -0.992. The van der Waals surface area contributed by atoms with Crippen LogP contribution in [0.2, 0.25) is 0 Å². The Kier molecular flexibility index (Phi) is 4.26. The summed E-state index contributed by atoms with van der Waals surface area (Å²) in [6, 6.07) is 4.59. The van der Waals surface area contributed by atoms with Gasteiger partial charge in [-0.15, -0.1) is 0 Å². The minimum absolute atomic E-state index is 0.266. The third-order valence-corrected chi connectivity index (χ3v) is 4.74. The maximum Gasteiger partial charge on any atom is 0.310 e. The molecule has 3 nitrogen and oxygen atoms in total. The summed E-state index contributed by atoms with van der Waals surface area (Å²) in [6.45, 7) is 3.76. The first-order chi connectivity index (χ1) is 8.97. The van der Waals surface area contributed by atoms with Crippen LogP contribution in [0.3, 0.4) is 0 Å². The van der Waals surface area contributed by atoms with Gasteiger partial charge in [0.15, 0.2) is 0 Å². The molecule has 0 bridgehead atoms. The first-order valence-corrected chi connectivity index (χ1v) is 7.16. The van der Waals surface area contributed by atoms with E-state index in [1.165, 1.54) is 12.1 Å². The normalized spacial score (nSPS) is 23.7. The van der Waals surface area contributed by atoms with Gasteiger partial charge in [0.1, 0.15) is 5.82 Å². The first-order valence-electron chi connectivity index (χ1n) is 6.36. The van der Waals surface area contributed by atoms with Gasteiger partial charge in [0.2, 0.25) is 0 Å². The average Bonchev–Trinajstić information content (AvgIpc) is 2.79. The monoisotopic (exact) mass is 329 g/mol. The molecule has 1 unspecified atom stereocenters. The van der Waals surface area contributed by atoms with E-state index in [0.717, 1.165) is 16.6 Å². The van der Waals surface area contributed by atoms with E-state index in [-0.39, 0.29) is 5.82 Å². The first kappa shape index (κ1) is 14.5. The largest absolute Gasteiger partial charge is 0.481 e. The SMILES string of the molecule is CCC1(C(=O)O)CCN(Cc2cc(F)ccc2Br)C1. The van der Waals surface area contributed by atoms with Crippen molar-refractivity contribution in [2.45, 2.75) is 26.3 Å². The Balaban J connectivity index is 2.10. The van der Waals surface area contributed by atoms with Gasteiger partial charge < -0.3 is 5.11 Å². The zero-order chi connectivity index (χ0) is 14.0. The van der Waals surface area contributed by atoms with Crippen LogP contribution in [0.15, 0.2) is 22.7 Å². The molecular weight excluding hydrogens is 313 g/mol. The van der Waals surface area contributed by atoms with Gasteiger partial charge in [0, 0.05) is 17.6 Å². The van der Waals surface area contributed by atoms with Crippen LogP contribution in [0.4, 0.5) is 4.39 Å². The smallest absolute Gasteiger partial charge is 0.310 e. The minimum atomic E-state index is -0.726. The number of carbonyl (C=O) groups is 1. The van der Waals surface area contributed by atoms with E-state index in [4.69, 9.17) is 0 Å². The van der Waals surface area contributed by atoms with Crippen molar-refractivity contribution in [1.82, 2.24) is 4.90 Å². The third kappa shape index (κ3) is 2.98. The van der Waals surface area contributed by atoms with Crippen molar-refractivity contribution in [3.05, 3.63) is 34.1 Å². The maximum absolute atomic E-state index is 13.2. The lowest BCUT2D eigenvalue weighted by atomic mass is 9.84. The van der Waals surface area contributed by atoms with E-state index >= 15 is 0 Å². The molecule has 104 valence electrons. The van der Waals surface area contributed by atoms with Gasteiger partial charge >= 0.3 is 5.97 Å². The highest BCUT2D eigenvalue weighted by Crippen LogP contribution is 2.35. The molecule has 1 N–H and O–H groups in total. The standard InChI is InChI=1S/C14H17BrFNO2/c1-2-14(13(18)19)5-6-17(9-14)8-10-7-11(16)3-4-12(10)15/h3-4,7H,2,5-6,8-9H2,1H3,(H,18,19). The average molecular weight is 330 g/mol. The van der Waals surface area contributed by atoms with Crippen LogP contribution in [0.25, 0.3) is 0 Å². The topological polar surface area (TPSA) is 40.5 Å². The summed E-state index contributed by atoms with van der Waals surface area (Å²) < 4.78 is 14.1. The van der Waals surface area contributed by atoms with E-state index in [1.54, 1.807) is 6.07 Å². The highest BCUT2D eigenvalue weighted by Gasteiger charge is 2.43. The van der Waals surface area contributed by atoms with Crippen molar-refractivity contribution in [1.29, 1.82) is 0 Å². The lowest BCUT2D eigenvalue weighted by Crippen LogP contribution is -2.33. The van der Waals surface area contributed by atoms with Crippen molar-refractivity contribution in [2.24, 2.45) is 5.41 Å². The zero-order valence-electron chi connectivity index (χ0n) is 10.8. The molecule has 1 saturated heterocycles. The highest BCUT2D eigenvalue weighted by atomic mass is 79.9. The van der Waals surface area contributed by atoms with Gasteiger partial charge in [-0.1, -0.05) is 22.9 Å². The molecule has 1 aliphatic heterocycles. The number of aliphatic carboxylic acids is 1. The fraction of sp³-hybridized carbons (Fsp3) is 0.500. The van der Waals surface area contributed by atoms with Crippen LogP contribution in [-0.2, 0) is 11.3 Å². The van der Waals surface area contributed by atoms with E-state index in [2.05, 4.69) is 20.8 Å². The minimum Gasteiger partial charge on any atom is -0.481 e. The fourth-order valence-corrected chi connectivity index (χ4v) is 2.98.